The first-order chi connectivity index (χ1) is 14.9. The average Bonchev–Trinajstić information content (AvgIpc) is 3.53. The zero-order valence-electron chi connectivity index (χ0n) is 18.8. The number of carboxylic acid groups (broad SMARTS) is 1. The van der Waals surface area contributed by atoms with Crippen molar-refractivity contribution in [3.8, 4) is 0 Å². The van der Waals surface area contributed by atoms with Gasteiger partial charge in [0, 0.05) is 37.5 Å². The van der Waals surface area contributed by atoms with Gasteiger partial charge in [0.1, 0.15) is 11.3 Å². The van der Waals surface area contributed by atoms with Crippen LogP contribution >= 0.6 is 0 Å². The molecule has 2 fully saturated rings. The van der Waals surface area contributed by atoms with Crippen LogP contribution in [0.25, 0.3) is 0 Å². The molecule has 2 amide bonds. The molecule has 32 heavy (non-hydrogen) atoms. The quantitative estimate of drug-likeness (QED) is 0.603. The minimum Gasteiger partial charge on any atom is -0.478 e. The van der Waals surface area contributed by atoms with Crippen molar-refractivity contribution in [1.82, 2.24) is 14.8 Å². The molecule has 4 N–H and O–H groups in total. The topological polar surface area (TPSA) is 150 Å². The van der Waals surface area contributed by atoms with Crippen molar-refractivity contribution in [2.75, 3.05) is 20.1 Å². The van der Waals surface area contributed by atoms with Crippen LogP contribution in [0.3, 0.4) is 0 Å². The van der Waals surface area contributed by atoms with E-state index in [1.165, 1.54) is 22.1 Å². The fourth-order valence-corrected chi connectivity index (χ4v) is 3.67. The van der Waals surface area contributed by atoms with E-state index in [0.717, 1.165) is 0 Å². The maximum atomic E-state index is 13.2. The number of pyridine rings is 1. The van der Waals surface area contributed by atoms with Gasteiger partial charge in [-0.1, -0.05) is 0 Å². The van der Waals surface area contributed by atoms with Gasteiger partial charge in [-0.2, -0.15) is 0 Å². The number of aromatic nitrogens is 1. The van der Waals surface area contributed by atoms with Crippen LogP contribution in [-0.4, -0.2) is 69.3 Å². The van der Waals surface area contributed by atoms with E-state index < -0.39 is 29.1 Å². The molecule has 0 aromatic carbocycles. The average molecular weight is 444 g/mol. The summed E-state index contributed by atoms with van der Waals surface area (Å²) in [5.74, 6) is -1.53. The lowest BCUT2D eigenvalue weighted by Crippen LogP contribution is -2.46. The van der Waals surface area contributed by atoms with Gasteiger partial charge in [-0.15, -0.1) is 0 Å². The van der Waals surface area contributed by atoms with Gasteiger partial charge in [-0.3, -0.25) is 9.78 Å². The summed E-state index contributed by atoms with van der Waals surface area (Å²) in [7, 11) is 1.62. The highest BCUT2D eigenvalue weighted by molar-refractivity contribution is 6.07. The lowest BCUT2D eigenvalue weighted by atomic mass is 9.99. The molecule has 172 valence electrons. The number of hydrogen-bond acceptors (Lipinski definition) is 7. The number of nitrogens with two attached hydrogens (primary N) is 1. The SMILES string of the molecule is CN(C(=O)/C(N)=C1\CN(C(=O)OC(C)(C)C)CCC1=N)C1(c2ccc(C(=O)O)cn2)CC1. The highest BCUT2D eigenvalue weighted by Crippen LogP contribution is 2.49. The third kappa shape index (κ3) is 4.58. The van der Waals surface area contributed by atoms with Gasteiger partial charge in [0.2, 0.25) is 0 Å². The lowest BCUT2D eigenvalue weighted by molar-refractivity contribution is -0.129. The smallest absolute Gasteiger partial charge is 0.410 e. The van der Waals surface area contributed by atoms with Crippen molar-refractivity contribution in [3.05, 3.63) is 40.9 Å². The summed E-state index contributed by atoms with van der Waals surface area (Å²) in [5, 5.41) is 17.3. The Bertz CT molecular complexity index is 989. The number of piperidine rings is 1. The fourth-order valence-electron chi connectivity index (χ4n) is 3.67. The maximum absolute atomic E-state index is 13.2. The maximum Gasteiger partial charge on any atom is 0.410 e. The van der Waals surface area contributed by atoms with Gasteiger partial charge in [0.15, 0.2) is 0 Å². The molecular formula is C22H29N5O5. The number of aromatic carboxylic acids is 1. The molecular weight excluding hydrogens is 414 g/mol. The Balaban J connectivity index is 1.81. The molecule has 1 aliphatic carbocycles. The molecule has 1 aromatic heterocycles. The van der Waals surface area contributed by atoms with Crippen molar-refractivity contribution >= 4 is 23.7 Å². The van der Waals surface area contributed by atoms with Gasteiger partial charge < -0.3 is 30.8 Å². The predicted octanol–water partition coefficient (Wildman–Crippen LogP) is 2.10. The largest absolute Gasteiger partial charge is 0.478 e. The summed E-state index contributed by atoms with van der Waals surface area (Å²) < 4.78 is 5.40. The number of rotatable bonds is 4. The molecule has 0 radical (unpaired) electrons. The highest BCUT2D eigenvalue weighted by atomic mass is 16.6. The molecule has 1 aliphatic heterocycles. The van der Waals surface area contributed by atoms with Crippen LogP contribution in [0, 0.1) is 5.41 Å². The summed E-state index contributed by atoms with van der Waals surface area (Å²) in [6, 6.07) is 3.07. The third-order valence-corrected chi connectivity index (χ3v) is 5.71. The Hall–Kier alpha value is -3.43. The molecule has 2 heterocycles. The number of hydrogen-bond donors (Lipinski definition) is 3. The first-order valence-corrected chi connectivity index (χ1v) is 10.4. The van der Waals surface area contributed by atoms with Gasteiger partial charge in [-0.05, 0) is 45.7 Å². The standard InChI is InChI=1S/C22H29N5O5/c1-21(2,3)32-20(31)27-10-7-15(23)14(12-27)17(24)18(28)26(4)22(8-9-22)16-6-5-13(11-25-16)19(29)30/h5-6,11,23H,7-10,12,24H2,1-4H3,(H,29,30)/b17-14-,23-15?. The van der Waals surface area contributed by atoms with Crippen LogP contribution in [0.15, 0.2) is 29.6 Å². The van der Waals surface area contributed by atoms with Gasteiger partial charge >= 0.3 is 12.1 Å². The van der Waals surface area contributed by atoms with Crippen molar-refractivity contribution in [1.29, 1.82) is 5.41 Å². The van der Waals surface area contributed by atoms with Gasteiger partial charge in [0.05, 0.1) is 23.3 Å². The van der Waals surface area contributed by atoms with E-state index in [-0.39, 0.29) is 29.9 Å². The molecule has 1 aromatic rings. The zero-order chi connectivity index (χ0) is 23.8. The Labute approximate surface area is 186 Å². The van der Waals surface area contributed by atoms with Crippen LogP contribution in [0.1, 0.15) is 56.1 Å². The summed E-state index contributed by atoms with van der Waals surface area (Å²) in [4.78, 5) is 43.9. The molecule has 1 saturated heterocycles. The number of nitrogens with one attached hydrogen (secondary N) is 1. The van der Waals surface area contributed by atoms with Crippen molar-refractivity contribution in [2.24, 2.45) is 5.73 Å². The van der Waals surface area contributed by atoms with Crippen LogP contribution in [0.4, 0.5) is 4.79 Å². The van der Waals surface area contributed by atoms with Crippen LogP contribution in [0.5, 0.6) is 0 Å². The lowest BCUT2D eigenvalue weighted by Gasteiger charge is -2.33. The summed E-state index contributed by atoms with van der Waals surface area (Å²) in [6.07, 6.45) is 2.36. The number of nitrogens with zero attached hydrogens (tertiary/aromatic N) is 3. The van der Waals surface area contributed by atoms with Crippen LogP contribution in [0.2, 0.25) is 0 Å². The number of carbonyl (C=O) groups excluding carboxylic acids is 2. The van der Waals surface area contributed by atoms with Crippen molar-refractivity contribution < 1.29 is 24.2 Å². The Kier molecular flexibility index (Phi) is 5.99. The Morgan fingerprint density at radius 2 is 1.94 bits per heavy atom. The number of amides is 2. The molecule has 0 unspecified atom stereocenters. The van der Waals surface area contributed by atoms with E-state index in [2.05, 4.69) is 4.98 Å². The minimum absolute atomic E-state index is 0.0255. The van der Waals surface area contributed by atoms with Crippen LogP contribution in [-0.2, 0) is 15.1 Å². The van der Waals surface area contributed by atoms with Crippen molar-refractivity contribution in [2.45, 2.75) is 51.2 Å². The molecule has 3 rings (SSSR count). The molecule has 0 spiro atoms. The number of carboxylic acids is 1. The highest BCUT2D eigenvalue weighted by Gasteiger charge is 2.51. The third-order valence-electron chi connectivity index (χ3n) is 5.71. The van der Waals surface area contributed by atoms with E-state index in [1.54, 1.807) is 33.9 Å². The second kappa shape index (κ2) is 8.25. The normalized spacial score (nSPS) is 19.2. The molecule has 0 atom stereocenters. The first-order valence-electron chi connectivity index (χ1n) is 10.4. The number of likely N-dealkylation sites (N-methyl/N-ethyl adjacent to an activating group) is 1. The van der Waals surface area contributed by atoms with Crippen LogP contribution < -0.4 is 5.73 Å². The van der Waals surface area contributed by atoms with E-state index in [1.807, 2.05) is 0 Å². The Morgan fingerprint density at radius 1 is 1.28 bits per heavy atom. The summed E-state index contributed by atoms with van der Waals surface area (Å²) >= 11 is 0. The van der Waals surface area contributed by atoms with E-state index in [0.29, 0.717) is 30.7 Å². The minimum atomic E-state index is -1.07. The summed E-state index contributed by atoms with van der Waals surface area (Å²) in [5.41, 5.74) is 5.99. The monoisotopic (exact) mass is 443 g/mol. The van der Waals surface area contributed by atoms with E-state index in [9.17, 15) is 14.4 Å². The zero-order valence-corrected chi connectivity index (χ0v) is 18.8. The second-order valence-corrected chi connectivity index (χ2v) is 9.16. The number of likely N-dealkylation sites (tertiary alicyclic amines) is 1. The predicted molar refractivity (Wildman–Crippen MR) is 116 cm³/mol. The Morgan fingerprint density at radius 3 is 2.44 bits per heavy atom. The van der Waals surface area contributed by atoms with Gasteiger partial charge in [0.25, 0.3) is 5.91 Å². The van der Waals surface area contributed by atoms with Crippen molar-refractivity contribution in [3.63, 3.8) is 0 Å². The molecule has 1 saturated carbocycles. The first kappa shape index (κ1) is 23.2. The van der Waals surface area contributed by atoms with Gasteiger partial charge in [-0.25, -0.2) is 9.59 Å². The fraction of sp³-hybridized carbons (Fsp3) is 0.500. The molecule has 2 aliphatic rings. The number of carbonyl (C=O) groups is 3. The molecule has 10 nitrogen and oxygen atoms in total. The number of ether oxygens (including phenoxy) is 1. The summed E-state index contributed by atoms with van der Waals surface area (Å²) in [6.45, 7) is 5.65. The van der Waals surface area contributed by atoms with E-state index in [4.69, 9.17) is 21.0 Å². The second-order valence-electron chi connectivity index (χ2n) is 9.16. The molecule has 10 heteroatoms. The van der Waals surface area contributed by atoms with E-state index >= 15 is 0 Å². The molecule has 0 bridgehead atoms.